The molecule has 0 spiro atoms. The van der Waals surface area contributed by atoms with Crippen molar-refractivity contribution >= 4 is 17.3 Å². The van der Waals surface area contributed by atoms with E-state index in [4.69, 9.17) is 5.26 Å². The van der Waals surface area contributed by atoms with E-state index in [1.807, 2.05) is 4.98 Å². The highest BCUT2D eigenvalue weighted by Gasteiger charge is 2.52. The third kappa shape index (κ3) is 4.18. The highest BCUT2D eigenvalue weighted by molar-refractivity contribution is 5.94. The normalized spacial score (nSPS) is 16.8. The first kappa shape index (κ1) is 22.5. The molecule has 3 heterocycles. The fourth-order valence-corrected chi connectivity index (χ4v) is 3.52. The molecule has 11 nitrogen and oxygen atoms in total. The highest BCUT2D eigenvalue weighted by atomic mass is 19.3. The van der Waals surface area contributed by atoms with Crippen molar-refractivity contribution in [2.24, 2.45) is 5.92 Å². The monoisotopic (exact) mass is 473 g/mol. The van der Waals surface area contributed by atoms with Crippen LogP contribution in [0, 0.1) is 23.1 Å². The van der Waals surface area contributed by atoms with Gasteiger partial charge in [-0.2, -0.15) is 10.4 Å². The first-order valence-electron chi connectivity index (χ1n) is 9.64. The fourth-order valence-electron chi connectivity index (χ4n) is 3.52. The van der Waals surface area contributed by atoms with Crippen LogP contribution in [0.3, 0.4) is 0 Å². The summed E-state index contributed by atoms with van der Waals surface area (Å²) >= 11 is 0. The summed E-state index contributed by atoms with van der Waals surface area (Å²) in [6.45, 7) is -1.55. The molecule has 1 amide bonds. The summed E-state index contributed by atoms with van der Waals surface area (Å²) in [4.78, 5) is 53.2. The van der Waals surface area contributed by atoms with Gasteiger partial charge in [0.25, 0.3) is 17.0 Å². The lowest BCUT2D eigenvalue weighted by Crippen LogP contribution is -2.36. The molecule has 0 saturated carbocycles. The number of carbonyl (C=O) groups is 1. The molecule has 0 radical (unpaired) electrons. The van der Waals surface area contributed by atoms with Crippen LogP contribution in [0.25, 0.3) is 11.3 Å². The maximum Gasteiger partial charge on any atom is 0.325 e. The molecular weight excluding hydrogens is 459 g/mol. The van der Waals surface area contributed by atoms with E-state index in [0.717, 1.165) is 29.3 Å². The number of nitrogens with zero attached hydrogens (tertiary/aromatic N) is 3. The summed E-state index contributed by atoms with van der Waals surface area (Å²) in [6, 6.07) is 5.83. The average Bonchev–Trinajstić information content (AvgIpc) is 3.09. The Bertz CT molecular complexity index is 1510. The summed E-state index contributed by atoms with van der Waals surface area (Å²) in [5, 5.41) is 16.8. The van der Waals surface area contributed by atoms with E-state index in [-0.39, 0.29) is 28.2 Å². The van der Waals surface area contributed by atoms with E-state index >= 15 is 0 Å². The average molecular weight is 473 g/mol. The Morgan fingerprint density at radius 2 is 2.00 bits per heavy atom. The minimum atomic E-state index is -3.56. The number of nitriles is 1. The van der Waals surface area contributed by atoms with Crippen molar-refractivity contribution in [1.82, 2.24) is 20.2 Å². The molecule has 3 aromatic rings. The molecule has 1 unspecified atom stereocenters. The third-order valence-corrected chi connectivity index (χ3v) is 5.21. The zero-order valence-electron chi connectivity index (χ0n) is 17.0. The quantitative estimate of drug-likeness (QED) is 0.429. The zero-order valence-corrected chi connectivity index (χ0v) is 17.0. The van der Waals surface area contributed by atoms with Crippen LogP contribution in [0.2, 0.25) is 0 Å². The van der Waals surface area contributed by atoms with Crippen molar-refractivity contribution in [3.8, 4) is 17.3 Å². The predicted octanol–water partition coefficient (Wildman–Crippen LogP) is 0.534. The Balaban J connectivity index is 1.60. The largest absolute Gasteiger partial charge is 0.360 e. The van der Waals surface area contributed by atoms with Crippen LogP contribution in [-0.2, 0) is 4.79 Å². The maximum atomic E-state index is 14.7. The van der Waals surface area contributed by atoms with Crippen LogP contribution < -0.4 is 27.0 Å². The number of hydrogen-bond donors (Lipinski definition) is 4. The second-order valence-electron chi connectivity index (χ2n) is 7.44. The summed E-state index contributed by atoms with van der Waals surface area (Å²) < 4.78 is 43.2. The number of aromatic nitrogens is 4. The number of rotatable bonds is 4. The Labute approximate surface area is 186 Å². The van der Waals surface area contributed by atoms with Crippen LogP contribution >= 0.6 is 0 Å². The van der Waals surface area contributed by atoms with Crippen molar-refractivity contribution in [2.45, 2.75) is 5.92 Å². The van der Waals surface area contributed by atoms with Crippen molar-refractivity contribution in [3.63, 3.8) is 0 Å². The molecule has 1 aliphatic rings. The van der Waals surface area contributed by atoms with Crippen molar-refractivity contribution in [1.29, 1.82) is 5.26 Å². The number of H-pyrrole nitrogens is 3. The van der Waals surface area contributed by atoms with E-state index in [1.54, 1.807) is 6.07 Å². The lowest BCUT2D eigenvalue weighted by molar-refractivity contribution is -0.128. The van der Waals surface area contributed by atoms with Gasteiger partial charge in [-0.3, -0.25) is 19.4 Å². The minimum Gasteiger partial charge on any atom is -0.360 e. The smallest absolute Gasteiger partial charge is 0.325 e. The Morgan fingerprint density at radius 3 is 2.68 bits per heavy atom. The SMILES string of the molecule is N#Cc1ccc(NC(=O)C2CN(c3cc(-c4c[nH]c(=O)[nH]c4=O)n[nH]c3=O)CC2(F)F)cc1F. The second-order valence-corrected chi connectivity index (χ2v) is 7.44. The van der Waals surface area contributed by atoms with Gasteiger partial charge >= 0.3 is 5.69 Å². The molecule has 34 heavy (non-hydrogen) atoms. The molecule has 1 saturated heterocycles. The first-order chi connectivity index (χ1) is 16.1. The molecule has 174 valence electrons. The third-order valence-electron chi connectivity index (χ3n) is 5.21. The van der Waals surface area contributed by atoms with E-state index in [9.17, 15) is 32.3 Å². The first-order valence-corrected chi connectivity index (χ1v) is 9.64. The van der Waals surface area contributed by atoms with Gasteiger partial charge in [0.05, 0.1) is 23.4 Å². The molecule has 4 N–H and O–H groups in total. The predicted molar refractivity (Wildman–Crippen MR) is 112 cm³/mol. The van der Waals surface area contributed by atoms with Gasteiger partial charge in [-0.15, -0.1) is 0 Å². The highest BCUT2D eigenvalue weighted by Crippen LogP contribution is 2.36. The van der Waals surface area contributed by atoms with Crippen molar-refractivity contribution in [2.75, 3.05) is 23.3 Å². The molecule has 1 fully saturated rings. The van der Waals surface area contributed by atoms with Gasteiger partial charge in [-0.05, 0) is 24.3 Å². The van der Waals surface area contributed by atoms with Crippen molar-refractivity contribution in [3.05, 3.63) is 73.0 Å². The van der Waals surface area contributed by atoms with Gasteiger partial charge in [-0.25, -0.2) is 23.1 Å². The maximum absolute atomic E-state index is 14.7. The van der Waals surface area contributed by atoms with Crippen LogP contribution in [0.15, 0.2) is 44.8 Å². The Kier molecular flexibility index (Phi) is 5.53. The van der Waals surface area contributed by atoms with E-state index in [1.165, 1.54) is 6.07 Å². The van der Waals surface area contributed by atoms with E-state index in [2.05, 4.69) is 20.5 Å². The molecule has 0 aliphatic carbocycles. The fraction of sp³-hybridized carbons (Fsp3) is 0.200. The Hall–Kier alpha value is -4.67. The summed E-state index contributed by atoms with van der Waals surface area (Å²) in [7, 11) is 0. The summed E-state index contributed by atoms with van der Waals surface area (Å²) in [5.74, 6) is -7.48. The van der Waals surface area contributed by atoms with Crippen LogP contribution in [0.1, 0.15) is 5.56 Å². The lowest BCUT2D eigenvalue weighted by Gasteiger charge is -2.17. The topological polar surface area (TPSA) is 168 Å². The zero-order chi connectivity index (χ0) is 24.6. The molecule has 0 bridgehead atoms. The molecule has 14 heteroatoms. The van der Waals surface area contributed by atoms with Gasteiger partial charge in [0, 0.05) is 18.4 Å². The summed E-state index contributed by atoms with van der Waals surface area (Å²) in [5.41, 5.74) is -3.30. The van der Waals surface area contributed by atoms with Gasteiger partial charge in [0.2, 0.25) is 5.91 Å². The Morgan fingerprint density at radius 1 is 1.24 bits per heavy atom. The number of amides is 1. The number of carbonyl (C=O) groups excluding carboxylic acids is 1. The molecule has 1 aliphatic heterocycles. The van der Waals surface area contributed by atoms with Crippen LogP contribution in [0.4, 0.5) is 24.5 Å². The molecule has 1 aromatic carbocycles. The number of benzene rings is 1. The van der Waals surface area contributed by atoms with Crippen LogP contribution in [0.5, 0.6) is 0 Å². The van der Waals surface area contributed by atoms with Crippen LogP contribution in [-0.4, -0.2) is 45.1 Å². The lowest BCUT2D eigenvalue weighted by atomic mass is 10.0. The minimum absolute atomic E-state index is 0.101. The molecule has 4 rings (SSSR count). The number of alkyl halides is 2. The standard InChI is InChI=1S/C20H14F3N7O4/c21-13-3-10(2-1-9(13)5-24)26-17(32)12-7-30(8-20(12,22)23)15-4-14(28-29-18(15)33)11-6-25-19(34)27-16(11)31/h1-4,6,12H,7-8H2,(H,26,32)(H,29,33)(H2,25,27,31,34). The van der Waals surface area contributed by atoms with Gasteiger partial charge in [-0.1, -0.05) is 0 Å². The van der Waals surface area contributed by atoms with E-state index in [0.29, 0.717) is 0 Å². The summed E-state index contributed by atoms with van der Waals surface area (Å²) in [6.07, 6.45) is 1.05. The number of anilines is 2. The number of hydrogen-bond acceptors (Lipinski definition) is 7. The van der Waals surface area contributed by atoms with Gasteiger partial charge in [0.15, 0.2) is 0 Å². The van der Waals surface area contributed by atoms with Gasteiger partial charge in [0.1, 0.15) is 23.5 Å². The number of aromatic amines is 3. The second kappa shape index (κ2) is 8.35. The molecule has 2 aromatic heterocycles. The number of halogens is 3. The number of nitrogens with one attached hydrogen (secondary N) is 4. The molecule has 1 atom stereocenters. The van der Waals surface area contributed by atoms with Crippen molar-refractivity contribution < 1.29 is 18.0 Å². The van der Waals surface area contributed by atoms with E-state index < -0.39 is 53.5 Å². The molecular formula is C20H14F3N7O4. The van der Waals surface area contributed by atoms with Gasteiger partial charge < -0.3 is 15.2 Å².